The summed E-state index contributed by atoms with van der Waals surface area (Å²) >= 11 is 0. The van der Waals surface area contributed by atoms with E-state index in [4.69, 9.17) is 11.5 Å². The number of nitrogens with two attached hydrogens (primary N) is 2. The second-order valence-corrected chi connectivity index (χ2v) is 24.8. The summed E-state index contributed by atoms with van der Waals surface area (Å²) in [7, 11) is 37.0. The van der Waals surface area contributed by atoms with Crippen LogP contribution in [-0.4, -0.2) is 392 Å². The van der Waals surface area contributed by atoms with Crippen molar-refractivity contribution in [2.24, 2.45) is 11.5 Å². The Balaban J connectivity index is -0.000000129. The summed E-state index contributed by atoms with van der Waals surface area (Å²) in [6.45, 7) is 22.1. The molecule has 0 aliphatic rings. The minimum atomic E-state index is -0.287. The number of amides is 6. The second-order valence-electron chi connectivity index (χ2n) is 24.8. The summed E-state index contributed by atoms with van der Waals surface area (Å²) in [6, 6.07) is 0. The standard InChI is InChI=1S/C11H26N4O.C11H25N3O2.3C8H19N3O.C8H18N2O2.C6H13NO2.C5H11NO2.2C4H10N2O/c1-12-6-3-7-14-8-4-9-15-10-5-11(16)13-2;1-12-6-3-7-13-8-4-9-14-10-5-11(15)16-2;1-9-5-3-6-11-7-4-8(12)10-2;2*1-9-5-3-6-11-8(12)4-7-10-2;1-9-5-3-6-10-7-4-8(11)12-2;1-7(2)5-4-6(8)9-3;1-6-4-3-5(7)8-2;2*1-6(2)3-4(5)7/h12,14-15H,3-10H2,1-2H3,(H,13,16);12-14H,3-10H2,1-2H3;9,11H,3-7H2,1-2H3,(H,10,12);2*9-10H,3-7H2,1-2H3,(H,11,12);9-10H,3-7H2,1-2H3;4-5H2,1-3H3;6H,3-4H2,1-2H3;2*3H2,1-2H3,(H2,5,7). The average Bonchev–Trinajstić information content (AvgIpc) is 1.45. The number of ether oxygens (including phenoxy) is 4. The molecule has 0 radical (unpaired) electrons. The first-order chi connectivity index (χ1) is 53.1. The summed E-state index contributed by atoms with van der Waals surface area (Å²) in [5, 5.41) is 57.4. The highest BCUT2D eigenvalue weighted by Gasteiger charge is 2.04. The van der Waals surface area contributed by atoms with Crippen molar-refractivity contribution in [3.05, 3.63) is 0 Å². The lowest BCUT2D eigenvalue weighted by Gasteiger charge is -2.06. The molecule has 0 saturated carbocycles. The van der Waals surface area contributed by atoms with Gasteiger partial charge in [-0.3, -0.25) is 47.9 Å². The first kappa shape index (κ1) is 126. The van der Waals surface area contributed by atoms with Crippen molar-refractivity contribution in [3.8, 4) is 0 Å². The molecule has 0 spiro atoms. The SMILES string of the molecule is CN(C)CC(N)=O.CN(C)CC(N)=O.CNCCC(=O)OC.CNCCCNC(=O)CCNC.CNCCCNC(=O)CCNC.CNCCCNCCC(=O)NC.CNCCCNCCC(=O)OC.CNCCCNCCCNCCC(=O)NC.CNCCCNCCCNCCC(=O)OC.COC(=O)CCN(C)C. The highest BCUT2D eigenvalue weighted by molar-refractivity contribution is 5.77. The van der Waals surface area contributed by atoms with Crippen LogP contribution in [0.25, 0.3) is 0 Å². The van der Waals surface area contributed by atoms with Crippen LogP contribution in [-0.2, 0) is 66.9 Å². The van der Waals surface area contributed by atoms with E-state index in [-0.39, 0.29) is 59.3 Å². The Labute approximate surface area is 672 Å². The molecular weight excluding hydrogens is 1440 g/mol. The van der Waals surface area contributed by atoms with Crippen LogP contribution in [0.2, 0.25) is 0 Å². The fraction of sp³-hybridized carbons (Fsp3) is 0.863. The summed E-state index contributed by atoms with van der Waals surface area (Å²) in [6.07, 6.45) is 12.8. The Morgan fingerprint density at radius 3 is 0.649 bits per heavy atom. The normalized spacial score (nSPS) is 9.87. The first-order valence-electron chi connectivity index (χ1n) is 38.9. The van der Waals surface area contributed by atoms with Gasteiger partial charge in [0.1, 0.15) is 0 Å². The third kappa shape index (κ3) is 157. The molecule has 0 aromatic carbocycles. The molecule has 0 bridgehead atoms. The number of likely N-dealkylation sites (N-methyl/N-ethyl adjacent to an activating group) is 2. The van der Waals surface area contributed by atoms with Gasteiger partial charge in [0.25, 0.3) is 0 Å². The number of nitrogens with zero attached hydrogens (tertiary/aromatic N) is 3. The minimum absolute atomic E-state index is 0.0936. The maximum absolute atomic E-state index is 11.0. The van der Waals surface area contributed by atoms with Gasteiger partial charge in [-0.2, -0.15) is 0 Å². The first-order valence-corrected chi connectivity index (χ1v) is 38.9. The summed E-state index contributed by atoms with van der Waals surface area (Å²) < 4.78 is 17.8. The average molecular weight is 1610 g/mol. The van der Waals surface area contributed by atoms with E-state index in [9.17, 15) is 47.9 Å². The fourth-order valence-electron chi connectivity index (χ4n) is 7.24. The van der Waals surface area contributed by atoms with Gasteiger partial charge >= 0.3 is 23.9 Å². The number of nitrogens with one attached hydrogen (secondary N) is 19. The largest absolute Gasteiger partial charge is 0.469 e. The molecule has 23 N–H and O–H groups in total. The third-order valence-electron chi connectivity index (χ3n) is 13.4. The van der Waals surface area contributed by atoms with Crippen LogP contribution in [0.4, 0.5) is 0 Å². The topological polar surface area (TPSA) is 498 Å². The molecule has 0 atom stereocenters. The number of hydrogen-bond donors (Lipinski definition) is 21. The van der Waals surface area contributed by atoms with Crippen LogP contribution in [0.15, 0.2) is 0 Å². The lowest BCUT2D eigenvalue weighted by atomic mass is 10.3. The van der Waals surface area contributed by atoms with Crippen LogP contribution in [0.5, 0.6) is 0 Å². The predicted octanol–water partition coefficient (Wildman–Crippen LogP) is -5.31. The molecule has 0 fully saturated rings. The van der Waals surface area contributed by atoms with Gasteiger partial charge in [-0.15, -0.1) is 0 Å². The highest BCUT2D eigenvalue weighted by atomic mass is 16.5. The van der Waals surface area contributed by atoms with Crippen LogP contribution >= 0.6 is 0 Å². The Bertz CT molecular complexity index is 1870. The van der Waals surface area contributed by atoms with Crippen LogP contribution in [0.3, 0.4) is 0 Å². The van der Waals surface area contributed by atoms with E-state index in [0.717, 1.165) is 182 Å². The van der Waals surface area contributed by atoms with Gasteiger partial charge in [-0.1, -0.05) is 0 Å². The van der Waals surface area contributed by atoms with Crippen molar-refractivity contribution in [1.82, 2.24) is 116 Å². The van der Waals surface area contributed by atoms with E-state index >= 15 is 0 Å². The summed E-state index contributed by atoms with van der Waals surface area (Å²) in [4.78, 5) is 111. The molecule has 0 aliphatic heterocycles. The van der Waals surface area contributed by atoms with Crippen LogP contribution < -0.4 is 112 Å². The smallest absolute Gasteiger partial charge is 0.306 e. The zero-order valence-corrected chi connectivity index (χ0v) is 73.4. The van der Waals surface area contributed by atoms with Crippen molar-refractivity contribution in [1.29, 1.82) is 0 Å². The summed E-state index contributed by atoms with van der Waals surface area (Å²) in [5.74, 6) is -0.762. The number of hydrogen-bond acceptors (Lipinski definition) is 32. The lowest BCUT2D eigenvalue weighted by molar-refractivity contribution is -0.141. The zero-order valence-electron chi connectivity index (χ0n) is 73.4. The summed E-state index contributed by atoms with van der Waals surface area (Å²) in [5.41, 5.74) is 9.63. The van der Waals surface area contributed by atoms with Crippen molar-refractivity contribution in [3.63, 3.8) is 0 Å². The van der Waals surface area contributed by atoms with Crippen molar-refractivity contribution in [2.45, 2.75) is 103 Å². The van der Waals surface area contributed by atoms with Crippen LogP contribution in [0, 0.1) is 0 Å². The van der Waals surface area contributed by atoms with Crippen molar-refractivity contribution < 1.29 is 66.9 Å². The number of rotatable bonds is 60. The number of carbonyl (C=O) groups excluding carboxylic acids is 10. The fourth-order valence-corrected chi connectivity index (χ4v) is 7.24. The maximum atomic E-state index is 11.0. The van der Waals surface area contributed by atoms with Crippen molar-refractivity contribution >= 4 is 59.3 Å². The van der Waals surface area contributed by atoms with Gasteiger partial charge < -0.3 is 146 Å². The van der Waals surface area contributed by atoms with E-state index in [1.807, 2.05) is 75.4 Å². The molecule has 0 heterocycles. The Morgan fingerprint density at radius 1 is 0.243 bits per heavy atom. The quantitative estimate of drug-likeness (QED) is 0.0154. The van der Waals surface area contributed by atoms with Gasteiger partial charge in [-0.05, 0) is 249 Å². The van der Waals surface area contributed by atoms with Gasteiger partial charge in [-0.25, -0.2) is 0 Å². The molecule has 38 nitrogen and oxygen atoms in total. The molecule has 0 aromatic heterocycles. The van der Waals surface area contributed by atoms with Crippen molar-refractivity contribution in [2.75, 3.05) is 318 Å². The lowest BCUT2D eigenvalue weighted by Crippen LogP contribution is -2.28. The molecule has 0 rings (SSSR count). The van der Waals surface area contributed by atoms with Gasteiger partial charge in [0.2, 0.25) is 35.4 Å². The molecule has 111 heavy (non-hydrogen) atoms. The zero-order chi connectivity index (χ0) is 86.5. The Kier molecular flexibility index (Phi) is 130. The van der Waals surface area contributed by atoms with Gasteiger partial charge in [0, 0.05) is 105 Å². The van der Waals surface area contributed by atoms with E-state index < -0.39 is 0 Å². The predicted molar refractivity (Wildman–Crippen MR) is 453 cm³/mol. The third-order valence-corrected chi connectivity index (χ3v) is 13.4. The van der Waals surface area contributed by atoms with E-state index in [1.165, 1.54) is 34.9 Å². The second kappa shape index (κ2) is 115. The number of esters is 4. The minimum Gasteiger partial charge on any atom is -0.469 e. The molecular formula is C73H170N24O14. The molecule has 666 valence electrons. The van der Waals surface area contributed by atoms with Crippen LogP contribution in [0.1, 0.15) is 103 Å². The molecule has 0 aromatic rings. The van der Waals surface area contributed by atoms with Gasteiger partial charge in [0.05, 0.1) is 67.2 Å². The molecule has 0 unspecified atom stereocenters. The highest BCUT2D eigenvalue weighted by Crippen LogP contribution is 1.88. The van der Waals surface area contributed by atoms with E-state index in [0.29, 0.717) is 84.1 Å². The number of carbonyl (C=O) groups is 10. The molecule has 0 saturated heterocycles. The number of methoxy groups -OCH3 is 4. The Hall–Kier alpha value is -6.02. The number of primary amides is 2. The Morgan fingerprint density at radius 2 is 0.441 bits per heavy atom. The molecule has 0 aliphatic carbocycles. The monoisotopic (exact) mass is 1610 g/mol. The van der Waals surface area contributed by atoms with Gasteiger partial charge in [0.15, 0.2) is 0 Å². The molecule has 6 amide bonds. The van der Waals surface area contributed by atoms with E-state index in [1.54, 1.807) is 59.1 Å². The van der Waals surface area contributed by atoms with E-state index in [2.05, 4.69) is 120 Å². The maximum Gasteiger partial charge on any atom is 0.306 e. The molecule has 38 heteroatoms.